The zero-order chi connectivity index (χ0) is 17.1. The number of ether oxygens (including phenoxy) is 3. The maximum Gasteiger partial charge on any atom is 0.217 e. The second-order valence-electron chi connectivity index (χ2n) is 4.80. The van der Waals surface area contributed by atoms with E-state index >= 15 is 0 Å². The molecule has 0 N–H and O–H groups in total. The molecule has 2 rings (SSSR count). The lowest BCUT2D eigenvalue weighted by Gasteiger charge is -2.13. The lowest BCUT2D eigenvalue weighted by molar-refractivity contribution is 0.143. The molecule has 0 amide bonds. The van der Waals surface area contributed by atoms with Crippen LogP contribution >= 0.6 is 0 Å². The van der Waals surface area contributed by atoms with Crippen molar-refractivity contribution in [2.24, 2.45) is 0 Å². The average Bonchev–Trinajstić information content (AvgIpc) is 2.58. The molecule has 1 aromatic carbocycles. The van der Waals surface area contributed by atoms with Crippen molar-refractivity contribution in [1.82, 2.24) is 4.98 Å². The highest BCUT2D eigenvalue weighted by molar-refractivity contribution is 5.88. The number of pyridine rings is 1. The van der Waals surface area contributed by atoms with Crippen LogP contribution in [0.25, 0.3) is 10.9 Å². The number of benzene rings is 1. The predicted molar refractivity (Wildman–Crippen MR) is 95.6 cm³/mol. The van der Waals surface area contributed by atoms with Crippen molar-refractivity contribution in [2.45, 2.75) is 40.5 Å². The first-order valence-corrected chi connectivity index (χ1v) is 8.47. The zero-order valence-corrected chi connectivity index (χ0v) is 15.0. The Balaban J connectivity index is 0.00000127. The summed E-state index contributed by atoms with van der Waals surface area (Å²) in [4.78, 5) is 4.65. The molecule has 128 valence electrons. The van der Waals surface area contributed by atoms with Crippen molar-refractivity contribution in [1.29, 1.82) is 0 Å². The Labute approximate surface area is 139 Å². The molecule has 0 aliphatic heterocycles. The standard InChI is InChI=1S/C17H23NO3.C2H6/c1-4-7-13-8-6-9-14-15(20-5-2)12-16(18-17(13)14)21-11-10-19-3;1-2/h6,8-9,12H,4-5,7,10-11H2,1-3H3;1-2H3. The topological polar surface area (TPSA) is 40.6 Å². The summed E-state index contributed by atoms with van der Waals surface area (Å²) < 4.78 is 16.4. The lowest BCUT2D eigenvalue weighted by atomic mass is 10.1. The third kappa shape index (κ3) is 5.39. The minimum absolute atomic E-state index is 0.483. The molecule has 0 aliphatic carbocycles. The molecule has 0 fully saturated rings. The Hall–Kier alpha value is -1.81. The van der Waals surface area contributed by atoms with E-state index in [0.717, 1.165) is 29.5 Å². The fourth-order valence-corrected chi connectivity index (χ4v) is 2.30. The molecule has 0 saturated carbocycles. The number of rotatable bonds is 8. The van der Waals surface area contributed by atoms with Crippen molar-refractivity contribution >= 4 is 10.9 Å². The van der Waals surface area contributed by atoms with Crippen LogP contribution in [0.4, 0.5) is 0 Å². The molecule has 1 aromatic heterocycles. The van der Waals surface area contributed by atoms with Crippen molar-refractivity contribution in [3.8, 4) is 11.6 Å². The molecule has 0 atom stereocenters. The highest BCUT2D eigenvalue weighted by Crippen LogP contribution is 2.31. The molecule has 23 heavy (non-hydrogen) atoms. The molecule has 0 radical (unpaired) electrons. The Morgan fingerprint density at radius 1 is 1.04 bits per heavy atom. The van der Waals surface area contributed by atoms with E-state index in [-0.39, 0.29) is 0 Å². The fraction of sp³-hybridized carbons (Fsp3) is 0.526. The van der Waals surface area contributed by atoms with Crippen LogP contribution in [0.2, 0.25) is 0 Å². The molecule has 0 bridgehead atoms. The van der Waals surface area contributed by atoms with Gasteiger partial charge in [-0.25, -0.2) is 4.98 Å². The number of fused-ring (bicyclic) bond motifs is 1. The van der Waals surface area contributed by atoms with Crippen molar-refractivity contribution in [3.05, 3.63) is 29.8 Å². The van der Waals surface area contributed by atoms with Gasteiger partial charge in [0.2, 0.25) is 5.88 Å². The van der Waals surface area contributed by atoms with Gasteiger partial charge in [0.1, 0.15) is 12.4 Å². The third-order valence-electron chi connectivity index (χ3n) is 3.22. The number of para-hydroxylation sites is 1. The second kappa shape index (κ2) is 10.8. The predicted octanol–water partition coefficient (Wildman–Crippen LogP) is 4.64. The van der Waals surface area contributed by atoms with Crippen molar-refractivity contribution in [3.63, 3.8) is 0 Å². The summed E-state index contributed by atoms with van der Waals surface area (Å²) in [6, 6.07) is 8.08. The Morgan fingerprint density at radius 2 is 1.83 bits per heavy atom. The first-order valence-electron chi connectivity index (χ1n) is 8.47. The Morgan fingerprint density at radius 3 is 2.48 bits per heavy atom. The molecule has 0 spiro atoms. The monoisotopic (exact) mass is 319 g/mol. The summed E-state index contributed by atoms with van der Waals surface area (Å²) in [5.74, 6) is 1.42. The van der Waals surface area contributed by atoms with E-state index in [1.807, 2.05) is 32.9 Å². The van der Waals surface area contributed by atoms with Crippen LogP contribution in [-0.2, 0) is 11.2 Å². The zero-order valence-electron chi connectivity index (χ0n) is 15.0. The van der Waals surface area contributed by atoms with Gasteiger partial charge in [-0.1, -0.05) is 39.3 Å². The number of hydrogen-bond donors (Lipinski definition) is 0. The lowest BCUT2D eigenvalue weighted by Crippen LogP contribution is -2.06. The molecule has 4 nitrogen and oxygen atoms in total. The number of nitrogens with zero attached hydrogens (tertiary/aromatic N) is 1. The van der Waals surface area contributed by atoms with Crippen LogP contribution in [0, 0.1) is 0 Å². The first kappa shape index (κ1) is 19.2. The molecule has 2 aromatic rings. The van der Waals surface area contributed by atoms with Crippen LogP contribution in [0.3, 0.4) is 0 Å². The van der Waals surface area contributed by atoms with Crippen LogP contribution in [-0.4, -0.2) is 31.9 Å². The average molecular weight is 319 g/mol. The van der Waals surface area contributed by atoms with Gasteiger partial charge < -0.3 is 14.2 Å². The maximum atomic E-state index is 5.75. The maximum absolute atomic E-state index is 5.75. The number of methoxy groups -OCH3 is 1. The highest BCUT2D eigenvalue weighted by atomic mass is 16.5. The van der Waals surface area contributed by atoms with Crippen molar-refractivity contribution < 1.29 is 14.2 Å². The minimum Gasteiger partial charge on any atom is -0.493 e. The summed E-state index contributed by atoms with van der Waals surface area (Å²) in [7, 11) is 1.65. The van der Waals surface area contributed by atoms with Gasteiger partial charge in [0.25, 0.3) is 0 Å². The fourth-order valence-electron chi connectivity index (χ4n) is 2.30. The number of aryl methyl sites for hydroxylation is 1. The van der Waals surface area contributed by atoms with Gasteiger partial charge in [-0.2, -0.15) is 0 Å². The first-order chi connectivity index (χ1) is 11.3. The van der Waals surface area contributed by atoms with Crippen LogP contribution < -0.4 is 9.47 Å². The van der Waals surface area contributed by atoms with Crippen LogP contribution in [0.5, 0.6) is 11.6 Å². The number of aromatic nitrogens is 1. The van der Waals surface area contributed by atoms with E-state index < -0.39 is 0 Å². The van der Waals surface area contributed by atoms with E-state index in [2.05, 4.69) is 24.0 Å². The van der Waals surface area contributed by atoms with Crippen LogP contribution in [0.1, 0.15) is 39.7 Å². The van der Waals surface area contributed by atoms with Crippen LogP contribution in [0.15, 0.2) is 24.3 Å². The molecule has 0 saturated heterocycles. The quantitative estimate of drug-likeness (QED) is 0.665. The summed E-state index contributed by atoms with van der Waals surface area (Å²) in [5, 5.41) is 1.04. The van der Waals surface area contributed by atoms with E-state index in [1.165, 1.54) is 5.56 Å². The van der Waals surface area contributed by atoms with E-state index in [0.29, 0.717) is 25.7 Å². The van der Waals surface area contributed by atoms with Gasteiger partial charge in [0.05, 0.1) is 18.7 Å². The van der Waals surface area contributed by atoms with E-state index in [9.17, 15) is 0 Å². The minimum atomic E-state index is 0.483. The number of hydrogen-bond acceptors (Lipinski definition) is 4. The molecular weight excluding hydrogens is 290 g/mol. The molecule has 4 heteroatoms. The molecular formula is C19H29NO3. The highest BCUT2D eigenvalue weighted by Gasteiger charge is 2.10. The van der Waals surface area contributed by atoms with Gasteiger partial charge in [0.15, 0.2) is 0 Å². The smallest absolute Gasteiger partial charge is 0.217 e. The summed E-state index contributed by atoms with van der Waals surface area (Å²) in [6.45, 7) is 9.79. The molecule has 1 heterocycles. The van der Waals surface area contributed by atoms with Gasteiger partial charge in [-0.15, -0.1) is 0 Å². The van der Waals surface area contributed by atoms with Gasteiger partial charge >= 0.3 is 0 Å². The van der Waals surface area contributed by atoms with Gasteiger partial charge in [0, 0.05) is 18.6 Å². The van der Waals surface area contributed by atoms with Gasteiger partial charge in [-0.3, -0.25) is 0 Å². The van der Waals surface area contributed by atoms with Gasteiger partial charge in [-0.05, 0) is 25.0 Å². The normalized spacial score (nSPS) is 10.1. The Kier molecular flexibility index (Phi) is 9.07. The summed E-state index contributed by atoms with van der Waals surface area (Å²) in [6.07, 6.45) is 2.08. The summed E-state index contributed by atoms with van der Waals surface area (Å²) >= 11 is 0. The molecule has 0 aliphatic rings. The second-order valence-corrected chi connectivity index (χ2v) is 4.80. The Bertz CT molecular complexity index is 584. The van der Waals surface area contributed by atoms with E-state index in [1.54, 1.807) is 7.11 Å². The summed E-state index contributed by atoms with van der Waals surface area (Å²) in [5.41, 5.74) is 2.20. The third-order valence-corrected chi connectivity index (χ3v) is 3.22. The largest absolute Gasteiger partial charge is 0.493 e. The van der Waals surface area contributed by atoms with Crippen molar-refractivity contribution in [2.75, 3.05) is 26.9 Å². The molecule has 0 unspecified atom stereocenters. The van der Waals surface area contributed by atoms with E-state index in [4.69, 9.17) is 14.2 Å². The SMILES string of the molecule is CC.CCCc1cccc2c(OCC)cc(OCCOC)nc12.